The van der Waals surface area contributed by atoms with Crippen LogP contribution in [-0.2, 0) is 9.53 Å². The maximum Gasteiger partial charge on any atom is 0.223 e. The highest BCUT2D eigenvalue weighted by atomic mass is 16.5. The molecule has 0 bridgehead atoms. The highest BCUT2D eigenvalue weighted by Gasteiger charge is 2.57. The number of hydrogen-bond donors (Lipinski definition) is 2. The van der Waals surface area contributed by atoms with Crippen molar-refractivity contribution in [2.75, 3.05) is 46.4 Å². The van der Waals surface area contributed by atoms with E-state index in [1.54, 1.807) is 7.11 Å². The van der Waals surface area contributed by atoms with Crippen molar-refractivity contribution in [3.05, 3.63) is 0 Å². The zero-order valence-corrected chi connectivity index (χ0v) is 13.2. The van der Waals surface area contributed by atoms with Crippen molar-refractivity contribution in [1.29, 1.82) is 0 Å². The number of hydrogen-bond acceptors (Lipinski definition) is 4. The molecule has 1 saturated carbocycles. The Morgan fingerprint density at radius 3 is 2.71 bits per heavy atom. The van der Waals surface area contributed by atoms with Crippen molar-refractivity contribution in [2.45, 2.75) is 38.1 Å². The first-order valence-electron chi connectivity index (χ1n) is 8.46. The molecule has 5 heteroatoms. The molecular weight excluding hydrogens is 266 g/mol. The van der Waals surface area contributed by atoms with Gasteiger partial charge in [0.2, 0.25) is 5.91 Å². The Morgan fingerprint density at radius 2 is 2.05 bits per heavy atom. The van der Waals surface area contributed by atoms with Gasteiger partial charge in [0.1, 0.15) is 0 Å². The fraction of sp³-hybridized carbons (Fsp3) is 0.938. The molecule has 1 amide bonds. The smallest absolute Gasteiger partial charge is 0.223 e. The Morgan fingerprint density at radius 1 is 1.33 bits per heavy atom. The Labute approximate surface area is 127 Å². The molecule has 2 heterocycles. The lowest BCUT2D eigenvalue weighted by atomic mass is 9.91. The fourth-order valence-electron chi connectivity index (χ4n) is 4.02. The SMILES string of the molecule is COCCN1CCC(NC(=O)C2CC23CCNCC3)CC1. The molecule has 1 aliphatic carbocycles. The van der Waals surface area contributed by atoms with Gasteiger partial charge in [-0.2, -0.15) is 0 Å². The van der Waals surface area contributed by atoms with E-state index in [9.17, 15) is 4.79 Å². The topological polar surface area (TPSA) is 53.6 Å². The second-order valence-corrected chi connectivity index (χ2v) is 6.99. The molecule has 2 aliphatic heterocycles. The number of methoxy groups -OCH3 is 1. The van der Waals surface area contributed by atoms with Crippen LogP contribution in [-0.4, -0.2) is 63.3 Å². The van der Waals surface area contributed by atoms with Crippen LogP contribution in [0.1, 0.15) is 32.1 Å². The van der Waals surface area contributed by atoms with Crippen LogP contribution in [0.3, 0.4) is 0 Å². The van der Waals surface area contributed by atoms with E-state index in [2.05, 4.69) is 15.5 Å². The Hall–Kier alpha value is -0.650. The van der Waals surface area contributed by atoms with Gasteiger partial charge in [0.15, 0.2) is 0 Å². The minimum atomic E-state index is 0.297. The molecule has 2 saturated heterocycles. The lowest BCUT2D eigenvalue weighted by molar-refractivity contribution is -0.124. The van der Waals surface area contributed by atoms with Crippen molar-refractivity contribution in [3.63, 3.8) is 0 Å². The Kier molecular flexibility index (Phi) is 4.82. The van der Waals surface area contributed by atoms with E-state index < -0.39 is 0 Å². The van der Waals surface area contributed by atoms with E-state index in [-0.39, 0.29) is 0 Å². The van der Waals surface area contributed by atoms with Gasteiger partial charge in [-0.3, -0.25) is 4.79 Å². The fourth-order valence-corrected chi connectivity index (χ4v) is 4.02. The van der Waals surface area contributed by atoms with Crippen LogP contribution >= 0.6 is 0 Å². The molecule has 21 heavy (non-hydrogen) atoms. The van der Waals surface area contributed by atoms with Gasteiger partial charge in [0.05, 0.1) is 6.61 Å². The molecule has 3 rings (SSSR count). The first kappa shape index (κ1) is 15.3. The molecule has 1 unspecified atom stereocenters. The number of carbonyl (C=O) groups excluding carboxylic acids is 1. The number of carbonyl (C=O) groups is 1. The highest BCUT2D eigenvalue weighted by Crippen LogP contribution is 2.58. The van der Waals surface area contributed by atoms with Crippen molar-refractivity contribution < 1.29 is 9.53 Å². The molecule has 1 atom stereocenters. The third-order valence-corrected chi connectivity index (χ3v) is 5.65. The summed E-state index contributed by atoms with van der Waals surface area (Å²) in [6, 6.07) is 0.385. The standard InChI is InChI=1S/C16H29N3O2/c1-21-11-10-19-8-2-13(3-9-19)18-15(20)14-12-16(14)4-6-17-7-5-16/h13-14,17H,2-12H2,1H3,(H,18,20). The number of likely N-dealkylation sites (tertiary alicyclic amines) is 1. The zero-order valence-electron chi connectivity index (χ0n) is 13.2. The van der Waals surface area contributed by atoms with Crippen LogP contribution in [0.25, 0.3) is 0 Å². The van der Waals surface area contributed by atoms with Crippen LogP contribution in [0.2, 0.25) is 0 Å². The number of piperidine rings is 2. The Bertz CT molecular complexity index is 361. The minimum absolute atomic E-state index is 0.297. The van der Waals surface area contributed by atoms with Gasteiger partial charge in [-0.15, -0.1) is 0 Å². The maximum absolute atomic E-state index is 12.4. The summed E-state index contributed by atoms with van der Waals surface area (Å²) in [5.74, 6) is 0.623. The molecule has 2 N–H and O–H groups in total. The quantitative estimate of drug-likeness (QED) is 0.780. The minimum Gasteiger partial charge on any atom is -0.383 e. The van der Waals surface area contributed by atoms with Crippen LogP contribution in [0.4, 0.5) is 0 Å². The third-order valence-electron chi connectivity index (χ3n) is 5.65. The average Bonchev–Trinajstić information content (AvgIpc) is 3.21. The average molecular weight is 295 g/mol. The van der Waals surface area contributed by atoms with Crippen molar-refractivity contribution >= 4 is 5.91 Å². The lowest BCUT2D eigenvalue weighted by Gasteiger charge is -2.32. The molecule has 0 aromatic heterocycles. The molecule has 120 valence electrons. The molecule has 3 aliphatic rings. The predicted molar refractivity (Wildman–Crippen MR) is 82.1 cm³/mol. The van der Waals surface area contributed by atoms with Gasteiger partial charge < -0.3 is 20.3 Å². The number of nitrogens with zero attached hydrogens (tertiary/aromatic N) is 1. The second-order valence-electron chi connectivity index (χ2n) is 6.99. The van der Waals surface area contributed by atoms with E-state index in [0.29, 0.717) is 23.3 Å². The molecular formula is C16H29N3O2. The first-order valence-corrected chi connectivity index (χ1v) is 8.46. The van der Waals surface area contributed by atoms with Gasteiger partial charge in [0, 0.05) is 38.7 Å². The number of rotatable bonds is 5. The third kappa shape index (κ3) is 3.58. The van der Waals surface area contributed by atoms with Gasteiger partial charge in [-0.25, -0.2) is 0 Å². The van der Waals surface area contributed by atoms with Crippen LogP contribution in [0.5, 0.6) is 0 Å². The number of ether oxygens (including phenoxy) is 1. The van der Waals surface area contributed by atoms with Crippen molar-refractivity contribution in [3.8, 4) is 0 Å². The van der Waals surface area contributed by atoms with Gasteiger partial charge >= 0.3 is 0 Å². The van der Waals surface area contributed by atoms with Crippen LogP contribution < -0.4 is 10.6 Å². The predicted octanol–water partition coefficient (Wildman–Crippen LogP) is 0.603. The molecule has 1 spiro atoms. The summed E-state index contributed by atoms with van der Waals surface area (Å²) in [7, 11) is 1.75. The number of nitrogens with one attached hydrogen (secondary N) is 2. The summed E-state index contributed by atoms with van der Waals surface area (Å²) in [5, 5.41) is 6.71. The number of amides is 1. The van der Waals surface area contributed by atoms with Gasteiger partial charge in [0.25, 0.3) is 0 Å². The Balaban J connectivity index is 1.39. The second kappa shape index (κ2) is 6.63. The summed E-state index contributed by atoms with van der Waals surface area (Å²) in [4.78, 5) is 14.9. The van der Waals surface area contributed by atoms with E-state index in [0.717, 1.165) is 58.6 Å². The highest BCUT2D eigenvalue weighted by molar-refractivity contribution is 5.82. The van der Waals surface area contributed by atoms with E-state index in [4.69, 9.17) is 4.74 Å². The first-order chi connectivity index (χ1) is 10.2. The summed E-state index contributed by atoms with van der Waals surface area (Å²) < 4.78 is 5.12. The van der Waals surface area contributed by atoms with Crippen LogP contribution in [0.15, 0.2) is 0 Å². The van der Waals surface area contributed by atoms with Crippen molar-refractivity contribution in [1.82, 2.24) is 15.5 Å². The summed E-state index contributed by atoms with van der Waals surface area (Å²) >= 11 is 0. The van der Waals surface area contributed by atoms with Gasteiger partial charge in [-0.05, 0) is 50.6 Å². The van der Waals surface area contributed by atoms with Crippen LogP contribution in [0, 0.1) is 11.3 Å². The van der Waals surface area contributed by atoms with E-state index >= 15 is 0 Å². The summed E-state index contributed by atoms with van der Waals surface area (Å²) in [6.45, 7) is 6.14. The normalized spacial score (nSPS) is 29.5. The molecule has 0 radical (unpaired) electrons. The largest absolute Gasteiger partial charge is 0.383 e. The van der Waals surface area contributed by atoms with E-state index in [1.165, 1.54) is 12.8 Å². The summed E-state index contributed by atoms with van der Waals surface area (Å²) in [6.07, 6.45) is 5.64. The van der Waals surface area contributed by atoms with E-state index in [1.807, 2.05) is 0 Å². The van der Waals surface area contributed by atoms with Crippen molar-refractivity contribution in [2.24, 2.45) is 11.3 Å². The molecule has 0 aromatic carbocycles. The zero-order chi connectivity index (χ0) is 14.7. The lowest BCUT2D eigenvalue weighted by Crippen LogP contribution is -2.46. The monoisotopic (exact) mass is 295 g/mol. The maximum atomic E-state index is 12.4. The van der Waals surface area contributed by atoms with Gasteiger partial charge in [-0.1, -0.05) is 0 Å². The molecule has 3 fully saturated rings. The molecule has 5 nitrogen and oxygen atoms in total. The molecule has 0 aromatic rings. The summed E-state index contributed by atoms with van der Waals surface area (Å²) in [5.41, 5.74) is 0.356.